The van der Waals surface area contributed by atoms with Gasteiger partial charge in [-0.2, -0.15) is 0 Å². The maximum Gasteiger partial charge on any atom is 0.165 e. The molecule has 0 aromatic heterocycles. The van der Waals surface area contributed by atoms with E-state index in [-0.39, 0.29) is 5.82 Å². The molecule has 2 rings (SSSR count). The standard InChI is InChI=1S/C24H39FO/c1-3-5-7-8-10-18-26-24-17-16-22(19-23(24)25)21-14-12-20(13-15-21)11-9-6-4-2/h16-17,19-21H,3-15,18H2,1-2H3/t20-,21-. The van der Waals surface area contributed by atoms with Crippen molar-refractivity contribution in [2.45, 2.75) is 103 Å². The lowest BCUT2D eigenvalue weighted by molar-refractivity contribution is 0.288. The van der Waals surface area contributed by atoms with Crippen molar-refractivity contribution < 1.29 is 9.13 Å². The van der Waals surface area contributed by atoms with Crippen LogP contribution >= 0.6 is 0 Å². The summed E-state index contributed by atoms with van der Waals surface area (Å²) in [6, 6.07) is 5.68. The first kappa shape index (κ1) is 21.3. The van der Waals surface area contributed by atoms with E-state index in [0.717, 1.165) is 12.3 Å². The van der Waals surface area contributed by atoms with Crippen LogP contribution in [0.25, 0.3) is 0 Å². The second-order valence-electron chi connectivity index (χ2n) is 8.17. The van der Waals surface area contributed by atoms with E-state index in [2.05, 4.69) is 19.9 Å². The zero-order valence-corrected chi connectivity index (χ0v) is 17.1. The van der Waals surface area contributed by atoms with Crippen molar-refractivity contribution in [3.63, 3.8) is 0 Å². The molecular formula is C24H39FO. The molecule has 0 unspecified atom stereocenters. The molecule has 1 saturated carbocycles. The van der Waals surface area contributed by atoms with Crippen LogP contribution in [0.4, 0.5) is 4.39 Å². The molecule has 2 heteroatoms. The average Bonchev–Trinajstić information content (AvgIpc) is 2.66. The van der Waals surface area contributed by atoms with Gasteiger partial charge in [0.2, 0.25) is 0 Å². The van der Waals surface area contributed by atoms with Gasteiger partial charge in [-0.1, -0.05) is 71.3 Å². The van der Waals surface area contributed by atoms with Gasteiger partial charge < -0.3 is 4.74 Å². The van der Waals surface area contributed by atoms with Crippen LogP contribution in [0.5, 0.6) is 5.75 Å². The molecule has 0 aliphatic heterocycles. The minimum atomic E-state index is -0.180. The fourth-order valence-corrected chi connectivity index (χ4v) is 4.24. The van der Waals surface area contributed by atoms with Crippen LogP contribution in [0.2, 0.25) is 0 Å². The molecule has 1 aliphatic carbocycles. The SMILES string of the molecule is CCCCCCCOc1ccc([C@H]2CC[C@H](CCCCC)CC2)cc1F. The topological polar surface area (TPSA) is 9.23 Å². The molecular weight excluding hydrogens is 323 g/mol. The summed E-state index contributed by atoms with van der Waals surface area (Å²) in [7, 11) is 0. The third-order valence-electron chi connectivity index (χ3n) is 6.00. The molecule has 0 spiro atoms. The lowest BCUT2D eigenvalue weighted by Gasteiger charge is -2.29. The molecule has 0 bridgehead atoms. The predicted molar refractivity (Wildman–Crippen MR) is 109 cm³/mol. The minimum absolute atomic E-state index is 0.180. The number of benzene rings is 1. The molecule has 0 heterocycles. The van der Waals surface area contributed by atoms with E-state index >= 15 is 0 Å². The summed E-state index contributed by atoms with van der Waals surface area (Å²) < 4.78 is 20.0. The molecule has 1 nitrogen and oxygen atoms in total. The fourth-order valence-electron chi connectivity index (χ4n) is 4.24. The first-order valence-electron chi connectivity index (χ1n) is 11.2. The fraction of sp³-hybridized carbons (Fsp3) is 0.750. The first-order chi connectivity index (χ1) is 12.7. The highest BCUT2D eigenvalue weighted by atomic mass is 19.1. The Balaban J connectivity index is 1.73. The molecule has 0 radical (unpaired) electrons. The van der Waals surface area contributed by atoms with Crippen molar-refractivity contribution >= 4 is 0 Å². The van der Waals surface area contributed by atoms with E-state index in [1.54, 1.807) is 6.07 Å². The van der Waals surface area contributed by atoms with Gasteiger partial charge in [0.05, 0.1) is 6.61 Å². The molecule has 0 N–H and O–H groups in total. The van der Waals surface area contributed by atoms with E-state index in [1.807, 2.05) is 6.07 Å². The van der Waals surface area contributed by atoms with Crippen molar-refractivity contribution in [3.05, 3.63) is 29.6 Å². The van der Waals surface area contributed by atoms with Gasteiger partial charge in [-0.3, -0.25) is 0 Å². The molecule has 1 aromatic carbocycles. The predicted octanol–water partition coefficient (Wildman–Crippen LogP) is 8.03. The second-order valence-corrected chi connectivity index (χ2v) is 8.17. The van der Waals surface area contributed by atoms with Crippen LogP contribution in [0, 0.1) is 11.7 Å². The first-order valence-corrected chi connectivity index (χ1v) is 11.2. The Morgan fingerprint density at radius 2 is 1.58 bits per heavy atom. The van der Waals surface area contributed by atoms with E-state index < -0.39 is 0 Å². The zero-order chi connectivity index (χ0) is 18.6. The molecule has 1 aliphatic rings. The maximum absolute atomic E-state index is 14.4. The van der Waals surface area contributed by atoms with Crippen LogP contribution in [-0.2, 0) is 0 Å². The normalized spacial score (nSPS) is 20.3. The minimum Gasteiger partial charge on any atom is -0.491 e. The number of ether oxygens (including phenoxy) is 1. The quantitative estimate of drug-likeness (QED) is 0.342. The number of hydrogen-bond acceptors (Lipinski definition) is 1. The highest BCUT2D eigenvalue weighted by Gasteiger charge is 2.22. The third-order valence-corrected chi connectivity index (χ3v) is 6.00. The lowest BCUT2D eigenvalue weighted by atomic mass is 9.77. The summed E-state index contributed by atoms with van der Waals surface area (Å²) in [6.45, 7) is 5.11. The number of unbranched alkanes of at least 4 members (excludes halogenated alkanes) is 6. The summed E-state index contributed by atoms with van der Waals surface area (Å²) in [5, 5.41) is 0. The molecule has 0 atom stereocenters. The van der Waals surface area contributed by atoms with Crippen LogP contribution in [0.3, 0.4) is 0 Å². The zero-order valence-electron chi connectivity index (χ0n) is 17.1. The number of rotatable bonds is 12. The largest absolute Gasteiger partial charge is 0.491 e. The Morgan fingerprint density at radius 1 is 0.885 bits per heavy atom. The molecule has 26 heavy (non-hydrogen) atoms. The summed E-state index contributed by atoms with van der Waals surface area (Å²) in [5.41, 5.74) is 1.17. The van der Waals surface area contributed by atoms with Crippen LogP contribution in [0.1, 0.15) is 109 Å². The molecule has 1 aromatic rings. The molecule has 148 valence electrons. The number of halogens is 1. The lowest BCUT2D eigenvalue weighted by Crippen LogP contribution is -2.13. The highest BCUT2D eigenvalue weighted by molar-refractivity contribution is 5.31. The smallest absolute Gasteiger partial charge is 0.165 e. The summed E-state index contributed by atoms with van der Waals surface area (Å²) in [5.74, 6) is 1.69. The Morgan fingerprint density at radius 3 is 2.27 bits per heavy atom. The van der Waals surface area contributed by atoms with Gasteiger partial charge in [0.25, 0.3) is 0 Å². The monoisotopic (exact) mass is 362 g/mol. The summed E-state index contributed by atoms with van der Waals surface area (Å²) in [4.78, 5) is 0. The Kier molecular flexibility index (Phi) is 10.1. The van der Waals surface area contributed by atoms with Gasteiger partial charge in [0.1, 0.15) is 0 Å². The van der Waals surface area contributed by atoms with Gasteiger partial charge in [-0.25, -0.2) is 4.39 Å². The van der Waals surface area contributed by atoms with E-state index in [4.69, 9.17) is 4.74 Å². The van der Waals surface area contributed by atoms with Crippen LogP contribution in [0.15, 0.2) is 18.2 Å². The second kappa shape index (κ2) is 12.4. The van der Waals surface area contributed by atoms with Crippen LogP contribution in [-0.4, -0.2) is 6.61 Å². The highest BCUT2D eigenvalue weighted by Crippen LogP contribution is 2.38. The van der Waals surface area contributed by atoms with Gasteiger partial charge >= 0.3 is 0 Å². The van der Waals surface area contributed by atoms with E-state index in [9.17, 15) is 4.39 Å². The van der Waals surface area contributed by atoms with Gasteiger partial charge in [0, 0.05) is 0 Å². The van der Waals surface area contributed by atoms with Crippen molar-refractivity contribution in [2.24, 2.45) is 5.92 Å². The van der Waals surface area contributed by atoms with E-state index in [1.165, 1.54) is 82.6 Å². The van der Waals surface area contributed by atoms with Crippen molar-refractivity contribution in [1.82, 2.24) is 0 Å². The summed E-state index contributed by atoms with van der Waals surface area (Å²) >= 11 is 0. The Hall–Kier alpha value is -1.05. The van der Waals surface area contributed by atoms with Gasteiger partial charge in [-0.05, 0) is 61.6 Å². The van der Waals surface area contributed by atoms with Crippen molar-refractivity contribution in [3.8, 4) is 5.75 Å². The third kappa shape index (κ3) is 7.29. The summed E-state index contributed by atoms with van der Waals surface area (Å²) in [6.07, 6.45) is 16.5. The van der Waals surface area contributed by atoms with Gasteiger partial charge in [0.15, 0.2) is 11.6 Å². The average molecular weight is 363 g/mol. The Bertz CT molecular complexity index is 491. The molecule has 1 fully saturated rings. The Labute approximate surface area is 160 Å². The van der Waals surface area contributed by atoms with E-state index in [0.29, 0.717) is 18.3 Å². The van der Waals surface area contributed by atoms with Crippen molar-refractivity contribution in [1.29, 1.82) is 0 Å². The maximum atomic E-state index is 14.4. The van der Waals surface area contributed by atoms with Crippen molar-refractivity contribution in [2.75, 3.05) is 6.61 Å². The van der Waals surface area contributed by atoms with Gasteiger partial charge in [-0.15, -0.1) is 0 Å². The van der Waals surface area contributed by atoms with Crippen LogP contribution < -0.4 is 4.74 Å². The molecule has 0 amide bonds. The number of hydrogen-bond donors (Lipinski definition) is 0. The molecule has 0 saturated heterocycles.